The SMILES string of the molecule is CC(C)C(CO)Nc1ncc(Cl)cn1. The molecule has 78 valence electrons. The molecular weight excluding hydrogens is 202 g/mol. The van der Waals surface area contributed by atoms with Gasteiger partial charge in [-0.2, -0.15) is 0 Å². The minimum atomic E-state index is -0.0313. The van der Waals surface area contributed by atoms with Crippen LogP contribution in [-0.2, 0) is 0 Å². The van der Waals surface area contributed by atoms with Gasteiger partial charge in [-0.1, -0.05) is 25.4 Å². The minimum Gasteiger partial charge on any atom is -0.394 e. The second-order valence-electron chi connectivity index (χ2n) is 3.40. The van der Waals surface area contributed by atoms with E-state index in [0.717, 1.165) is 0 Å². The highest BCUT2D eigenvalue weighted by atomic mass is 35.5. The summed E-state index contributed by atoms with van der Waals surface area (Å²) in [4.78, 5) is 7.97. The number of anilines is 1. The van der Waals surface area contributed by atoms with Crippen molar-refractivity contribution in [3.05, 3.63) is 17.4 Å². The Morgan fingerprint density at radius 3 is 2.43 bits per heavy atom. The Morgan fingerprint density at radius 2 is 2.00 bits per heavy atom. The fraction of sp³-hybridized carbons (Fsp3) is 0.556. The minimum absolute atomic E-state index is 0.0313. The number of halogens is 1. The van der Waals surface area contributed by atoms with Gasteiger partial charge in [0, 0.05) is 0 Å². The van der Waals surface area contributed by atoms with Gasteiger partial charge in [-0.05, 0) is 5.92 Å². The van der Waals surface area contributed by atoms with Gasteiger partial charge in [0.15, 0.2) is 0 Å². The molecule has 4 nitrogen and oxygen atoms in total. The van der Waals surface area contributed by atoms with Crippen LogP contribution in [0.3, 0.4) is 0 Å². The van der Waals surface area contributed by atoms with Crippen LogP contribution in [-0.4, -0.2) is 27.7 Å². The smallest absolute Gasteiger partial charge is 0.222 e. The number of hydrogen-bond acceptors (Lipinski definition) is 4. The van der Waals surface area contributed by atoms with Gasteiger partial charge in [0.2, 0.25) is 5.95 Å². The lowest BCUT2D eigenvalue weighted by Crippen LogP contribution is -2.30. The highest BCUT2D eigenvalue weighted by Gasteiger charge is 2.12. The van der Waals surface area contributed by atoms with Crippen molar-refractivity contribution in [2.75, 3.05) is 11.9 Å². The molecule has 1 heterocycles. The van der Waals surface area contributed by atoms with Crippen molar-refractivity contribution >= 4 is 17.5 Å². The van der Waals surface area contributed by atoms with Crippen molar-refractivity contribution < 1.29 is 5.11 Å². The van der Waals surface area contributed by atoms with Gasteiger partial charge in [0.1, 0.15) is 0 Å². The Balaban J connectivity index is 2.63. The van der Waals surface area contributed by atoms with E-state index in [1.165, 1.54) is 12.4 Å². The Morgan fingerprint density at radius 1 is 1.43 bits per heavy atom. The van der Waals surface area contributed by atoms with Crippen LogP contribution < -0.4 is 5.32 Å². The van der Waals surface area contributed by atoms with E-state index in [-0.39, 0.29) is 12.6 Å². The van der Waals surface area contributed by atoms with E-state index in [4.69, 9.17) is 16.7 Å². The summed E-state index contributed by atoms with van der Waals surface area (Å²) in [7, 11) is 0. The van der Waals surface area contributed by atoms with E-state index in [9.17, 15) is 0 Å². The number of hydrogen-bond donors (Lipinski definition) is 2. The van der Waals surface area contributed by atoms with Crippen molar-refractivity contribution in [3.63, 3.8) is 0 Å². The molecule has 0 saturated carbocycles. The first-order chi connectivity index (χ1) is 6.63. The highest BCUT2D eigenvalue weighted by molar-refractivity contribution is 6.30. The highest BCUT2D eigenvalue weighted by Crippen LogP contribution is 2.09. The van der Waals surface area contributed by atoms with Crippen LogP contribution in [0.2, 0.25) is 5.02 Å². The van der Waals surface area contributed by atoms with Crippen LogP contribution in [0, 0.1) is 5.92 Å². The molecule has 0 radical (unpaired) electrons. The second kappa shape index (κ2) is 5.12. The zero-order chi connectivity index (χ0) is 10.6. The summed E-state index contributed by atoms with van der Waals surface area (Å²) in [5.74, 6) is 0.807. The summed E-state index contributed by atoms with van der Waals surface area (Å²) in [6.45, 7) is 4.09. The third kappa shape index (κ3) is 3.12. The number of rotatable bonds is 4. The average Bonchev–Trinajstić information content (AvgIpc) is 2.16. The van der Waals surface area contributed by atoms with Crippen LogP contribution in [0.1, 0.15) is 13.8 Å². The van der Waals surface area contributed by atoms with Crippen molar-refractivity contribution in [2.24, 2.45) is 5.92 Å². The fourth-order valence-corrected chi connectivity index (χ4v) is 1.07. The number of aromatic nitrogens is 2. The molecule has 1 aromatic rings. The van der Waals surface area contributed by atoms with E-state index in [0.29, 0.717) is 16.9 Å². The largest absolute Gasteiger partial charge is 0.394 e. The van der Waals surface area contributed by atoms with Crippen LogP contribution in [0.15, 0.2) is 12.4 Å². The Kier molecular flexibility index (Phi) is 4.10. The molecule has 14 heavy (non-hydrogen) atoms. The summed E-state index contributed by atoms with van der Waals surface area (Å²) in [6, 6.07) is -0.0313. The van der Waals surface area contributed by atoms with Gasteiger partial charge in [-0.25, -0.2) is 9.97 Å². The van der Waals surface area contributed by atoms with E-state index >= 15 is 0 Å². The normalized spacial score (nSPS) is 12.9. The van der Waals surface area contributed by atoms with Crippen LogP contribution in [0.4, 0.5) is 5.95 Å². The monoisotopic (exact) mass is 215 g/mol. The van der Waals surface area contributed by atoms with Gasteiger partial charge in [0.05, 0.1) is 30.1 Å². The van der Waals surface area contributed by atoms with Crippen molar-refractivity contribution in [1.29, 1.82) is 0 Å². The third-order valence-corrected chi connectivity index (χ3v) is 2.13. The molecule has 0 fully saturated rings. The van der Waals surface area contributed by atoms with Gasteiger partial charge < -0.3 is 10.4 Å². The number of aliphatic hydroxyl groups is 1. The summed E-state index contributed by atoms with van der Waals surface area (Å²) >= 11 is 5.64. The summed E-state index contributed by atoms with van der Waals surface area (Å²) < 4.78 is 0. The Labute approximate surface area is 88.3 Å². The first kappa shape index (κ1) is 11.2. The predicted molar refractivity (Wildman–Crippen MR) is 56.4 cm³/mol. The van der Waals surface area contributed by atoms with Crippen LogP contribution >= 0.6 is 11.6 Å². The lowest BCUT2D eigenvalue weighted by Gasteiger charge is -2.19. The molecule has 0 aromatic carbocycles. The maximum Gasteiger partial charge on any atom is 0.222 e. The second-order valence-corrected chi connectivity index (χ2v) is 3.84. The quantitative estimate of drug-likeness (QED) is 0.801. The zero-order valence-electron chi connectivity index (χ0n) is 8.24. The van der Waals surface area contributed by atoms with Gasteiger partial charge >= 0.3 is 0 Å². The number of aliphatic hydroxyl groups excluding tert-OH is 1. The van der Waals surface area contributed by atoms with Crippen LogP contribution in [0.25, 0.3) is 0 Å². The summed E-state index contributed by atoms with van der Waals surface area (Å²) in [5.41, 5.74) is 0. The van der Waals surface area contributed by atoms with Crippen molar-refractivity contribution in [3.8, 4) is 0 Å². The van der Waals surface area contributed by atoms with E-state index in [1.54, 1.807) is 0 Å². The molecule has 2 N–H and O–H groups in total. The molecule has 0 amide bonds. The predicted octanol–water partition coefficient (Wildman–Crippen LogP) is 1.56. The average molecular weight is 216 g/mol. The lowest BCUT2D eigenvalue weighted by atomic mass is 10.1. The molecular formula is C9H14ClN3O. The molecule has 5 heteroatoms. The standard InChI is InChI=1S/C9H14ClN3O/c1-6(2)8(5-14)13-9-11-3-7(10)4-12-9/h3-4,6,8,14H,5H2,1-2H3,(H,11,12,13). The first-order valence-electron chi connectivity index (χ1n) is 4.48. The molecule has 0 bridgehead atoms. The van der Waals surface area contributed by atoms with E-state index < -0.39 is 0 Å². The Bertz CT molecular complexity index is 276. The molecule has 1 aromatic heterocycles. The zero-order valence-corrected chi connectivity index (χ0v) is 8.99. The van der Waals surface area contributed by atoms with Gasteiger partial charge in [0.25, 0.3) is 0 Å². The molecule has 0 aliphatic carbocycles. The molecule has 1 atom stereocenters. The summed E-state index contributed by atoms with van der Waals surface area (Å²) in [5, 5.41) is 12.6. The van der Waals surface area contributed by atoms with Gasteiger partial charge in [-0.15, -0.1) is 0 Å². The first-order valence-corrected chi connectivity index (χ1v) is 4.86. The number of nitrogens with zero attached hydrogens (tertiary/aromatic N) is 2. The number of nitrogens with one attached hydrogen (secondary N) is 1. The molecule has 1 rings (SSSR count). The maximum atomic E-state index is 9.07. The van der Waals surface area contributed by atoms with E-state index in [2.05, 4.69) is 15.3 Å². The van der Waals surface area contributed by atoms with Crippen LogP contribution in [0.5, 0.6) is 0 Å². The fourth-order valence-electron chi connectivity index (χ4n) is 0.976. The third-order valence-electron chi connectivity index (χ3n) is 1.94. The van der Waals surface area contributed by atoms with Gasteiger partial charge in [-0.3, -0.25) is 0 Å². The van der Waals surface area contributed by atoms with E-state index in [1.807, 2.05) is 13.8 Å². The summed E-state index contributed by atoms with van der Waals surface area (Å²) in [6.07, 6.45) is 3.04. The van der Waals surface area contributed by atoms with Crippen molar-refractivity contribution in [2.45, 2.75) is 19.9 Å². The van der Waals surface area contributed by atoms with Crippen molar-refractivity contribution in [1.82, 2.24) is 9.97 Å². The lowest BCUT2D eigenvalue weighted by molar-refractivity contribution is 0.248. The molecule has 0 aliphatic heterocycles. The topological polar surface area (TPSA) is 58.0 Å². The maximum absolute atomic E-state index is 9.07. The molecule has 1 unspecified atom stereocenters. The molecule has 0 spiro atoms. The molecule has 0 saturated heterocycles. The molecule has 0 aliphatic rings. The Hall–Kier alpha value is -0.870.